The smallest absolute Gasteiger partial charge is 0.313 e. The third kappa shape index (κ3) is 3.30. The van der Waals surface area contributed by atoms with Crippen LogP contribution >= 0.6 is 11.8 Å². The van der Waals surface area contributed by atoms with E-state index in [1.54, 1.807) is 18.2 Å². The molecule has 20 heavy (non-hydrogen) atoms. The van der Waals surface area contributed by atoms with Gasteiger partial charge in [0, 0.05) is 12.1 Å². The summed E-state index contributed by atoms with van der Waals surface area (Å²) in [5.41, 5.74) is 0.758. The summed E-state index contributed by atoms with van der Waals surface area (Å²) in [4.78, 5) is 10.7. The van der Waals surface area contributed by atoms with Crippen LogP contribution in [0, 0.1) is 0 Å². The topological polar surface area (TPSA) is 88.2 Å². The summed E-state index contributed by atoms with van der Waals surface area (Å²) >= 11 is 1.14. The average molecular weight is 293 g/mol. The van der Waals surface area contributed by atoms with E-state index in [9.17, 15) is 9.90 Å². The van der Waals surface area contributed by atoms with Gasteiger partial charge in [0.05, 0.1) is 5.75 Å². The Hall–Kier alpha value is -2.02. The lowest BCUT2D eigenvalue weighted by Crippen LogP contribution is -2.04. The Morgan fingerprint density at radius 1 is 1.40 bits per heavy atom. The van der Waals surface area contributed by atoms with E-state index in [4.69, 9.17) is 5.11 Å². The zero-order chi connectivity index (χ0) is 14.5. The maximum absolute atomic E-state index is 10.7. The van der Waals surface area contributed by atoms with Crippen molar-refractivity contribution in [2.24, 2.45) is 0 Å². The van der Waals surface area contributed by atoms with Crippen LogP contribution in [0.3, 0.4) is 0 Å². The second-order valence-corrected chi connectivity index (χ2v) is 5.13. The Kier molecular flexibility index (Phi) is 4.62. The fourth-order valence-electron chi connectivity index (χ4n) is 1.81. The minimum absolute atomic E-state index is 0.0537. The zero-order valence-electron chi connectivity index (χ0n) is 11.0. The maximum Gasteiger partial charge on any atom is 0.313 e. The molecule has 6 nitrogen and oxygen atoms in total. The molecular formula is C13H15N3O3S. The largest absolute Gasteiger partial charge is 0.508 e. The van der Waals surface area contributed by atoms with Crippen LogP contribution in [-0.4, -0.2) is 36.7 Å². The van der Waals surface area contributed by atoms with Crippen LogP contribution < -0.4 is 0 Å². The van der Waals surface area contributed by atoms with E-state index < -0.39 is 5.97 Å². The van der Waals surface area contributed by atoms with E-state index in [0.717, 1.165) is 23.7 Å². The summed E-state index contributed by atoms with van der Waals surface area (Å²) in [6.07, 6.45) is 0.879. The Morgan fingerprint density at radius 2 is 2.20 bits per heavy atom. The Labute approximate surface area is 120 Å². The highest BCUT2D eigenvalue weighted by molar-refractivity contribution is 7.99. The normalized spacial score (nSPS) is 10.7. The van der Waals surface area contributed by atoms with Crippen LogP contribution in [-0.2, 0) is 11.3 Å². The molecule has 7 heteroatoms. The van der Waals surface area contributed by atoms with E-state index in [0.29, 0.717) is 17.5 Å². The lowest BCUT2D eigenvalue weighted by Gasteiger charge is -2.08. The van der Waals surface area contributed by atoms with Gasteiger partial charge >= 0.3 is 5.97 Å². The third-order valence-corrected chi connectivity index (χ3v) is 3.54. The van der Waals surface area contributed by atoms with Crippen LogP contribution in [0.5, 0.6) is 5.75 Å². The van der Waals surface area contributed by atoms with Crippen LogP contribution in [0.15, 0.2) is 29.4 Å². The molecule has 2 rings (SSSR count). The van der Waals surface area contributed by atoms with Gasteiger partial charge in [0.15, 0.2) is 11.0 Å². The molecule has 0 bridgehead atoms. The average Bonchev–Trinajstić information content (AvgIpc) is 2.80. The molecule has 0 spiro atoms. The van der Waals surface area contributed by atoms with Gasteiger partial charge in [-0.1, -0.05) is 30.8 Å². The number of phenols is 1. The number of aromatic nitrogens is 3. The molecule has 0 fully saturated rings. The van der Waals surface area contributed by atoms with Gasteiger partial charge in [0.2, 0.25) is 0 Å². The summed E-state index contributed by atoms with van der Waals surface area (Å²) in [5, 5.41) is 27.0. The van der Waals surface area contributed by atoms with Crippen LogP contribution in [0.2, 0.25) is 0 Å². The Bertz CT molecular complexity index is 613. The molecule has 106 valence electrons. The molecule has 2 aromatic rings. The molecule has 0 aliphatic carbocycles. The molecule has 0 radical (unpaired) electrons. The van der Waals surface area contributed by atoms with Crippen molar-refractivity contribution in [3.05, 3.63) is 24.3 Å². The first-order chi connectivity index (χ1) is 9.61. The van der Waals surface area contributed by atoms with Crippen molar-refractivity contribution in [3.63, 3.8) is 0 Å². The van der Waals surface area contributed by atoms with Gasteiger partial charge in [-0.15, -0.1) is 10.2 Å². The molecule has 0 saturated carbocycles. The van der Waals surface area contributed by atoms with Gasteiger partial charge in [-0.25, -0.2) is 0 Å². The SMILES string of the molecule is CCCn1c(SCC(=O)O)nnc1-c1cccc(O)c1. The zero-order valence-corrected chi connectivity index (χ0v) is 11.8. The number of hydrogen-bond donors (Lipinski definition) is 2. The quantitative estimate of drug-likeness (QED) is 0.794. The summed E-state index contributed by atoms with van der Waals surface area (Å²) in [7, 11) is 0. The van der Waals surface area contributed by atoms with E-state index in [2.05, 4.69) is 10.2 Å². The number of carboxylic acids is 1. The van der Waals surface area contributed by atoms with Crippen molar-refractivity contribution in [1.29, 1.82) is 0 Å². The number of nitrogens with zero attached hydrogens (tertiary/aromatic N) is 3. The number of rotatable bonds is 6. The molecule has 0 amide bonds. The minimum atomic E-state index is -0.889. The highest BCUT2D eigenvalue weighted by Crippen LogP contribution is 2.26. The summed E-state index contributed by atoms with van der Waals surface area (Å²) < 4.78 is 1.88. The maximum atomic E-state index is 10.7. The third-order valence-electron chi connectivity index (χ3n) is 2.59. The molecule has 1 aromatic heterocycles. The lowest BCUT2D eigenvalue weighted by atomic mass is 10.2. The molecule has 0 unspecified atom stereocenters. The number of carboxylic acid groups (broad SMARTS) is 1. The van der Waals surface area contributed by atoms with Gasteiger partial charge in [-0.05, 0) is 18.6 Å². The van der Waals surface area contributed by atoms with Gasteiger partial charge in [0.25, 0.3) is 0 Å². The predicted octanol–water partition coefficient (Wildman–Crippen LogP) is 2.24. The second kappa shape index (κ2) is 6.42. The van der Waals surface area contributed by atoms with Gasteiger partial charge in [-0.3, -0.25) is 4.79 Å². The fourth-order valence-corrected chi connectivity index (χ4v) is 2.49. The predicted molar refractivity (Wildman–Crippen MR) is 75.8 cm³/mol. The number of benzene rings is 1. The van der Waals surface area contributed by atoms with Crippen LogP contribution in [0.25, 0.3) is 11.4 Å². The van der Waals surface area contributed by atoms with Crippen molar-refractivity contribution < 1.29 is 15.0 Å². The first-order valence-corrected chi connectivity index (χ1v) is 7.17. The molecular weight excluding hydrogens is 278 g/mol. The highest BCUT2D eigenvalue weighted by Gasteiger charge is 2.15. The minimum Gasteiger partial charge on any atom is -0.508 e. The van der Waals surface area contributed by atoms with Gasteiger partial charge in [-0.2, -0.15) is 0 Å². The van der Waals surface area contributed by atoms with E-state index in [1.807, 2.05) is 17.6 Å². The van der Waals surface area contributed by atoms with Gasteiger partial charge in [0.1, 0.15) is 5.75 Å². The number of carbonyl (C=O) groups is 1. The van der Waals surface area contributed by atoms with Gasteiger partial charge < -0.3 is 14.8 Å². The summed E-state index contributed by atoms with van der Waals surface area (Å²) in [6.45, 7) is 2.72. The van der Waals surface area contributed by atoms with E-state index in [1.165, 1.54) is 0 Å². The number of thioether (sulfide) groups is 1. The standard InChI is InChI=1S/C13H15N3O3S/c1-2-6-16-12(9-4-3-5-10(17)7-9)14-15-13(16)20-8-11(18)19/h3-5,7,17H,2,6,8H2,1H3,(H,18,19). The van der Waals surface area contributed by atoms with Crippen LogP contribution in [0.1, 0.15) is 13.3 Å². The summed E-state index contributed by atoms with van der Waals surface area (Å²) in [5.74, 6) is -0.147. The molecule has 0 aliphatic rings. The number of phenolic OH excluding ortho intramolecular Hbond substituents is 1. The molecule has 0 atom stereocenters. The first-order valence-electron chi connectivity index (χ1n) is 6.19. The Balaban J connectivity index is 2.35. The number of hydrogen-bond acceptors (Lipinski definition) is 5. The van der Waals surface area contributed by atoms with E-state index >= 15 is 0 Å². The molecule has 0 aliphatic heterocycles. The number of aromatic hydroxyl groups is 1. The van der Waals surface area contributed by atoms with E-state index in [-0.39, 0.29) is 11.5 Å². The van der Waals surface area contributed by atoms with Crippen molar-refractivity contribution in [3.8, 4) is 17.1 Å². The lowest BCUT2D eigenvalue weighted by molar-refractivity contribution is -0.133. The number of aliphatic carboxylic acids is 1. The first kappa shape index (κ1) is 14.4. The fraction of sp³-hybridized carbons (Fsp3) is 0.308. The molecule has 0 saturated heterocycles. The molecule has 2 N–H and O–H groups in total. The monoisotopic (exact) mass is 293 g/mol. The Morgan fingerprint density at radius 3 is 2.85 bits per heavy atom. The summed E-state index contributed by atoms with van der Waals surface area (Å²) in [6, 6.07) is 6.77. The van der Waals surface area contributed by atoms with Crippen molar-refractivity contribution in [2.75, 3.05) is 5.75 Å². The second-order valence-electron chi connectivity index (χ2n) is 4.19. The van der Waals surface area contributed by atoms with Crippen LogP contribution in [0.4, 0.5) is 0 Å². The highest BCUT2D eigenvalue weighted by atomic mass is 32.2. The molecule has 1 aromatic carbocycles. The molecule has 1 heterocycles. The van der Waals surface area contributed by atoms with Crippen molar-refractivity contribution >= 4 is 17.7 Å². The van der Waals surface area contributed by atoms with Crippen molar-refractivity contribution in [1.82, 2.24) is 14.8 Å². The van der Waals surface area contributed by atoms with Crippen molar-refractivity contribution in [2.45, 2.75) is 25.0 Å².